The fourth-order valence-corrected chi connectivity index (χ4v) is 4.29. The largest absolute Gasteiger partial charge is 0.439 e. The van der Waals surface area contributed by atoms with Crippen LogP contribution in [-0.2, 0) is 9.53 Å². The third-order valence-corrected chi connectivity index (χ3v) is 6.01. The predicted molar refractivity (Wildman–Crippen MR) is 127 cm³/mol. The number of nitrogens with one attached hydrogen (secondary N) is 3. The number of benzene rings is 2. The van der Waals surface area contributed by atoms with Crippen molar-refractivity contribution < 1.29 is 14.3 Å². The SMILES string of the molecule is O=C(Nc1ccc2cc(-c3c[nH]c4ccccc34)c(=O)[nH]c2c1)OCC(=O)N1CCCCC1. The van der Waals surface area contributed by atoms with Crippen LogP contribution in [-0.4, -0.2) is 46.6 Å². The van der Waals surface area contributed by atoms with Crippen LogP contribution < -0.4 is 10.9 Å². The first-order valence-electron chi connectivity index (χ1n) is 11.0. The number of H-pyrrole nitrogens is 2. The molecule has 1 aliphatic heterocycles. The van der Waals surface area contributed by atoms with E-state index in [0.29, 0.717) is 29.9 Å². The Morgan fingerprint density at radius 2 is 1.79 bits per heavy atom. The second kappa shape index (κ2) is 8.82. The van der Waals surface area contributed by atoms with Crippen molar-refractivity contribution in [3.05, 3.63) is 65.1 Å². The number of likely N-dealkylation sites (tertiary alicyclic amines) is 1. The number of rotatable bonds is 4. The highest BCUT2D eigenvalue weighted by Crippen LogP contribution is 2.28. The van der Waals surface area contributed by atoms with Gasteiger partial charge in [0.15, 0.2) is 6.61 Å². The molecule has 2 aromatic carbocycles. The summed E-state index contributed by atoms with van der Waals surface area (Å²) in [6.45, 7) is 1.13. The van der Waals surface area contributed by atoms with Crippen LogP contribution in [0.3, 0.4) is 0 Å². The predicted octanol–water partition coefficient (Wildman–Crippen LogP) is 4.24. The van der Waals surface area contributed by atoms with E-state index in [4.69, 9.17) is 4.74 Å². The van der Waals surface area contributed by atoms with Gasteiger partial charge in [0.05, 0.1) is 5.52 Å². The minimum Gasteiger partial charge on any atom is -0.439 e. The molecule has 1 saturated heterocycles. The number of carbonyl (C=O) groups is 2. The Morgan fingerprint density at radius 1 is 0.970 bits per heavy atom. The number of fused-ring (bicyclic) bond motifs is 2. The molecule has 33 heavy (non-hydrogen) atoms. The van der Waals surface area contributed by atoms with E-state index in [1.165, 1.54) is 0 Å². The Bertz CT molecular complexity index is 1400. The first-order valence-corrected chi connectivity index (χ1v) is 11.0. The van der Waals surface area contributed by atoms with Gasteiger partial charge < -0.3 is 19.6 Å². The number of piperidine rings is 1. The molecule has 1 aliphatic rings. The third-order valence-electron chi connectivity index (χ3n) is 6.01. The molecule has 8 heteroatoms. The Hall–Kier alpha value is -4.07. The Kier molecular flexibility index (Phi) is 5.56. The maximum Gasteiger partial charge on any atom is 0.412 e. The van der Waals surface area contributed by atoms with Gasteiger partial charge in [-0.15, -0.1) is 0 Å². The van der Waals surface area contributed by atoms with Crippen molar-refractivity contribution in [1.29, 1.82) is 0 Å². The topological polar surface area (TPSA) is 107 Å². The standard InChI is InChI=1S/C25H24N4O4/c30-23(29-10-4-1-5-11-29)15-33-25(32)27-17-9-8-16-12-19(24(31)28-22(16)13-17)20-14-26-21-7-3-2-6-18(20)21/h2-3,6-9,12-14,26H,1,4-5,10-11,15H2,(H,27,32)(H,28,31). The highest BCUT2D eigenvalue weighted by Gasteiger charge is 2.18. The van der Waals surface area contributed by atoms with Crippen molar-refractivity contribution in [2.75, 3.05) is 25.0 Å². The summed E-state index contributed by atoms with van der Waals surface area (Å²) in [6, 6.07) is 14.9. The molecule has 5 rings (SSSR count). The van der Waals surface area contributed by atoms with E-state index in [-0.39, 0.29) is 18.1 Å². The van der Waals surface area contributed by atoms with Crippen molar-refractivity contribution in [2.24, 2.45) is 0 Å². The van der Waals surface area contributed by atoms with E-state index in [1.807, 2.05) is 42.6 Å². The van der Waals surface area contributed by atoms with E-state index < -0.39 is 6.09 Å². The molecule has 0 aliphatic carbocycles. The summed E-state index contributed by atoms with van der Waals surface area (Å²) >= 11 is 0. The molecule has 0 unspecified atom stereocenters. The minimum absolute atomic E-state index is 0.183. The quantitative estimate of drug-likeness (QED) is 0.438. The zero-order valence-corrected chi connectivity index (χ0v) is 18.0. The lowest BCUT2D eigenvalue weighted by Gasteiger charge is -2.26. The van der Waals surface area contributed by atoms with Crippen molar-refractivity contribution in [2.45, 2.75) is 19.3 Å². The summed E-state index contributed by atoms with van der Waals surface area (Å²) in [4.78, 5) is 44.9. The summed E-state index contributed by atoms with van der Waals surface area (Å²) in [5.74, 6) is -0.183. The number of aromatic nitrogens is 2. The number of carbonyl (C=O) groups excluding carboxylic acids is 2. The lowest BCUT2D eigenvalue weighted by Crippen LogP contribution is -2.38. The van der Waals surface area contributed by atoms with E-state index in [2.05, 4.69) is 15.3 Å². The van der Waals surface area contributed by atoms with Crippen LogP contribution in [0.4, 0.5) is 10.5 Å². The summed E-state index contributed by atoms with van der Waals surface area (Å²) in [5.41, 5.74) is 3.19. The Balaban J connectivity index is 1.30. The molecular weight excluding hydrogens is 420 g/mol. The van der Waals surface area contributed by atoms with Crippen LogP contribution in [0.15, 0.2) is 59.5 Å². The fraction of sp³-hybridized carbons (Fsp3) is 0.240. The van der Waals surface area contributed by atoms with Crippen LogP contribution in [0.5, 0.6) is 0 Å². The minimum atomic E-state index is -0.711. The number of ether oxygens (including phenoxy) is 1. The maximum atomic E-state index is 12.8. The van der Waals surface area contributed by atoms with Gasteiger partial charge in [-0.25, -0.2) is 4.79 Å². The fourth-order valence-electron chi connectivity index (χ4n) is 4.29. The van der Waals surface area contributed by atoms with Gasteiger partial charge in [-0.1, -0.05) is 24.3 Å². The molecule has 0 radical (unpaired) electrons. The molecule has 8 nitrogen and oxygen atoms in total. The van der Waals surface area contributed by atoms with Crippen LogP contribution in [0.1, 0.15) is 19.3 Å². The van der Waals surface area contributed by atoms with Gasteiger partial charge in [0.1, 0.15) is 0 Å². The molecule has 168 valence electrons. The Morgan fingerprint density at radius 3 is 2.64 bits per heavy atom. The van der Waals surface area contributed by atoms with E-state index in [1.54, 1.807) is 17.0 Å². The number of anilines is 1. The van der Waals surface area contributed by atoms with Crippen molar-refractivity contribution in [1.82, 2.24) is 14.9 Å². The van der Waals surface area contributed by atoms with E-state index >= 15 is 0 Å². The summed E-state index contributed by atoms with van der Waals surface area (Å²) in [6.07, 6.45) is 4.21. The molecule has 2 aromatic heterocycles. The molecule has 2 amide bonds. The highest BCUT2D eigenvalue weighted by atomic mass is 16.6. The summed E-state index contributed by atoms with van der Waals surface area (Å²) in [7, 11) is 0. The monoisotopic (exact) mass is 444 g/mol. The Labute approximate surface area is 189 Å². The van der Waals surface area contributed by atoms with Gasteiger partial charge in [0.2, 0.25) is 0 Å². The highest BCUT2D eigenvalue weighted by molar-refractivity contribution is 5.98. The lowest BCUT2D eigenvalue weighted by molar-refractivity contribution is -0.135. The molecule has 1 fully saturated rings. The molecule has 0 bridgehead atoms. The first-order chi connectivity index (χ1) is 16.1. The second-order valence-corrected chi connectivity index (χ2v) is 8.20. The van der Waals surface area contributed by atoms with Crippen molar-refractivity contribution in [3.63, 3.8) is 0 Å². The summed E-state index contributed by atoms with van der Waals surface area (Å²) < 4.78 is 5.09. The van der Waals surface area contributed by atoms with E-state index in [0.717, 1.165) is 41.1 Å². The van der Waals surface area contributed by atoms with Gasteiger partial charge in [-0.2, -0.15) is 0 Å². The average molecular weight is 444 g/mol. The zero-order chi connectivity index (χ0) is 22.8. The van der Waals surface area contributed by atoms with Gasteiger partial charge in [-0.3, -0.25) is 14.9 Å². The average Bonchev–Trinajstić information content (AvgIpc) is 3.26. The maximum absolute atomic E-state index is 12.8. The first kappa shape index (κ1) is 20.8. The van der Waals surface area contributed by atoms with Gasteiger partial charge >= 0.3 is 6.09 Å². The van der Waals surface area contributed by atoms with Gasteiger partial charge in [0, 0.05) is 47.0 Å². The normalized spacial score (nSPS) is 13.9. The molecule has 3 N–H and O–H groups in total. The van der Waals surface area contributed by atoms with Crippen LogP contribution >= 0.6 is 0 Å². The third kappa shape index (κ3) is 4.32. The van der Waals surface area contributed by atoms with Crippen LogP contribution in [0.2, 0.25) is 0 Å². The van der Waals surface area contributed by atoms with E-state index in [9.17, 15) is 14.4 Å². The zero-order valence-electron chi connectivity index (χ0n) is 18.0. The molecule has 3 heterocycles. The second-order valence-electron chi connectivity index (χ2n) is 8.20. The molecular formula is C25H24N4O4. The van der Waals surface area contributed by atoms with Crippen LogP contribution in [0.25, 0.3) is 32.9 Å². The van der Waals surface area contributed by atoms with Gasteiger partial charge in [-0.05, 0) is 48.9 Å². The molecule has 0 saturated carbocycles. The number of hydrogen-bond donors (Lipinski definition) is 3. The van der Waals surface area contributed by atoms with Crippen molar-refractivity contribution in [3.8, 4) is 11.1 Å². The number of amides is 2. The number of aromatic amines is 2. The van der Waals surface area contributed by atoms with Crippen LogP contribution in [0, 0.1) is 0 Å². The van der Waals surface area contributed by atoms with Gasteiger partial charge in [0.25, 0.3) is 11.5 Å². The molecule has 4 aromatic rings. The smallest absolute Gasteiger partial charge is 0.412 e. The lowest BCUT2D eigenvalue weighted by atomic mass is 10.0. The number of nitrogens with zero attached hydrogens (tertiary/aromatic N) is 1. The number of para-hydroxylation sites is 1. The van der Waals surface area contributed by atoms with Crippen molar-refractivity contribution >= 4 is 39.5 Å². The summed E-state index contributed by atoms with van der Waals surface area (Å²) in [5, 5.41) is 4.42. The number of pyridine rings is 1. The number of hydrogen-bond acceptors (Lipinski definition) is 4. The molecule has 0 spiro atoms. The molecule has 0 atom stereocenters.